The first-order chi connectivity index (χ1) is 7.41. The minimum atomic E-state index is -0.775. The van der Waals surface area contributed by atoms with Crippen molar-refractivity contribution in [2.75, 3.05) is 14.1 Å². The summed E-state index contributed by atoms with van der Waals surface area (Å²) in [5.41, 5.74) is 3.52. The maximum absolute atomic E-state index is 11.1. The molecule has 0 aromatic heterocycles. The van der Waals surface area contributed by atoms with Gasteiger partial charge in [-0.1, -0.05) is 18.2 Å². The summed E-state index contributed by atoms with van der Waals surface area (Å²) in [5, 5.41) is 9.09. The number of likely N-dealkylation sites (N-methyl/N-ethyl adjacent to an activating group) is 1. The second-order valence-corrected chi connectivity index (χ2v) is 4.44. The molecule has 88 valence electrons. The molecule has 0 aliphatic rings. The summed E-state index contributed by atoms with van der Waals surface area (Å²) in [7, 11) is 3.58. The molecule has 3 nitrogen and oxygen atoms in total. The highest BCUT2D eigenvalue weighted by molar-refractivity contribution is 5.73. The third-order valence-corrected chi connectivity index (χ3v) is 2.91. The molecule has 1 atom stereocenters. The molecule has 0 fully saturated rings. The van der Waals surface area contributed by atoms with Crippen LogP contribution in [0.1, 0.15) is 16.7 Å². The van der Waals surface area contributed by atoms with E-state index in [0.29, 0.717) is 6.42 Å². The van der Waals surface area contributed by atoms with E-state index in [1.54, 1.807) is 19.0 Å². The van der Waals surface area contributed by atoms with E-state index >= 15 is 0 Å². The molecular formula is C13H19NO2. The molecule has 0 heterocycles. The van der Waals surface area contributed by atoms with Crippen LogP contribution >= 0.6 is 0 Å². The SMILES string of the molecule is Cc1ccc(C[C@H](C(=O)O)N(C)C)cc1C. The van der Waals surface area contributed by atoms with Crippen LogP contribution in [-0.2, 0) is 11.2 Å². The predicted octanol–water partition coefficient (Wildman–Crippen LogP) is 1.86. The predicted molar refractivity (Wildman–Crippen MR) is 64.7 cm³/mol. The van der Waals surface area contributed by atoms with E-state index in [4.69, 9.17) is 5.11 Å². The number of benzene rings is 1. The van der Waals surface area contributed by atoms with E-state index < -0.39 is 12.0 Å². The lowest BCUT2D eigenvalue weighted by atomic mass is 10.0. The maximum atomic E-state index is 11.1. The lowest BCUT2D eigenvalue weighted by Gasteiger charge is -2.20. The molecule has 0 aliphatic heterocycles. The van der Waals surface area contributed by atoms with Crippen LogP contribution in [0.2, 0.25) is 0 Å². The van der Waals surface area contributed by atoms with Crippen LogP contribution in [0.3, 0.4) is 0 Å². The Hall–Kier alpha value is -1.35. The van der Waals surface area contributed by atoms with E-state index in [1.807, 2.05) is 19.1 Å². The van der Waals surface area contributed by atoms with Crippen molar-refractivity contribution in [2.45, 2.75) is 26.3 Å². The Morgan fingerprint density at radius 1 is 1.31 bits per heavy atom. The average molecular weight is 221 g/mol. The molecule has 0 aliphatic carbocycles. The molecule has 1 N–H and O–H groups in total. The van der Waals surface area contributed by atoms with Crippen LogP contribution in [-0.4, -0.2) is 36.1 Å². The molecule has 1 rings (SSSR count). The van der Waals surface area contributed by atoms with Crippen molar-refractivity contribution in [2.24, 2.45) is 0 Å². The van der Waals surface area contributed by atoms with Crippen molar-refractivity contribution in [3.05, 3.63) is 34.9 Å². The average Bonchev–Trinajstić information content (AvgIpc) is 2.18. The fourth-order valence-electron chi connectivity index (χ4n) is 1.64. The second kappa shape index (κ2) is 5.12. The van der Waals surface area contributed by atoms with Gasteiger partial charge in [0.15, 0.2) is 0 Å². The number of hydrogen-bond acceptors (Lipinski definition) is 2. The van der Waals surface area contributed by atoms with Crippen molar-refractivity contribution in [1.82, 2.24) is 4.90 Å². The minimum Gasteiger partial charge on any atom is -0.480 e. The summed E-state index contributed by atoms with van der Waals surface area (Å²) in [6.07, 6.45) is 0.545. The van der Waals surface area contributed by atoms with Crippen molar-refractivity contribution in [3.8, 4) is 0 Å². The summed E-state index contributed by atoms with van der Waals surface area (Å²) >= 11 is 0. The molecule has 1 aromatic carbocycles. The first-order valence-electron chi connectivity index (χ1n) is 5.37. The molecule has 1 aromatic rings. The van der Waals surface area contributed by atoms with Gasteiger partial charge in [0, 0.05) is 0 Å². The topological polar surface area (TPSA) is 40.5 Å². The van der Waals surface area contributed by atoms with Gasteiger partial charge in [-0.05, 0) is 51.1 Å². The second-order valence-electron chi connectivity index (χ2n) is 4.44. The molecule has 0 amide bonds. The number of carboxylic acids is 1. The third kappa shape index (κ3) is 3.07. The minimum absolute atomic E-state index is 0.456. The van der Waals surface area contributed by atoms with Crippen LogP contribution in [0.25, 0.3) is 0 Å². The zero-order valence-corrected chi connectivity index (χ0v) is 10.3. The van der Waals surface area contributed by atoms with Gasteiger partial charge in [-0.3, -0.25) is 9.69 Å². The monoisotopic (exact) mass is 221 g/mol. The van der Waals surface area contributed by atoms with Gasteiger partial charge in [0.1, 0.15) is 6.04 Å². The molecule has 3 heteroatoms. The summed E-state index contributed by atoms with van der Waals surface area (Å²) in [4.78, 5) is 12.8. The molecule has 0 saturated heterocycles. The van der Waals surface area contributed by atoms with Crippen LogP contribution in [0.5, 0.6) is 0 Å². The van der Waals surface area contributed by atoms with E-state index in [-0.39, 0.29) is 0 Å². The van der Waals surface area contributed by atoms with E-state index in [9.17, 15) is 4.79 Å². The number of aryl methyl sites for hydroxylation is 2. The molecule has 16 heavy (non-hydrogen) atoms. The van der Waals surface area contributed by atoms with E-state index in [2.05, 4.69) is 13.0 Å². The first kappa shape index (κ1) is 12.7. The van der Waals surface area contributed by atoms with Crippen molar-refractivity contribution < 1.29 is 9.90 Å². The number of carbonyl (C=O) groups is 1. The molecular weight excluding hydrogens is 202 g/mol. The zero-order valence-electron chi connectivity index (χ0n) is 10.3. The Kier molecular flexibility index (Phi) is 4.07. The van der Waals surface area contributed by atoms with E-state index in [1.165, 1.54) is 11.1 Å². The highest BCUT2D eigenvalue weighted by Gasteiger charge is 2.20. The quantitative estimate of drug-likeness (QED) is 0.843. The van der Waals surface area contributed by atoms with Crippen LogP contribution in [0.15, 0.2) is 18.2 Å². The Morgan fingerprint density at radius 3 is 2.38 bits per heavy atom. The molecule has 0 unspecified atom stereocenters. The number of hydrogen-bond donors (Lipinski definition) is 1. The molecule has 0 spiro atoms. The lowest BCUT2D eigenvalue weighted by Crippen LogP contribution is -2.37. The summed E-state index contributed by atoms with van der Waals surface area (Å²) in [5.74, 6) is -0.775. The Bertz CT molecular complexity index is 386. The fourth-order valence-corrected chi connectivity index (χ4v) is 1.64. The third-order valence-electron chi connectivity index (χ3n) is 2.91. The Labute approximate surface area is 96.7 Å². The number of aliphatic carboxylic acids is 1. The normalized spacial score (nSPS) is 12.8. The largest absolute Gasteiger partial charge is 0.480 e. The number of nitrogens with zero attached hydrogens (tertiary/aromatic N) is 1. The number of carboxylic acid groups (broad SMARTS) is 1. The van der Waals surface area contributed by atoms with Crippen molar-refractivity contribution in [1.29, 1.82) is 0 Å². The summed E-state index contributed by atoms with van der Waals surface area (Å²) < 4.78 is 0. The zero-order chi connectivity index (χ0) is 12.3. The van der Waals surface area contributed by atoms with Gasteiger partial charge in [-0.15, -0.1) is 0 Å². The summed E-state index contributed by atoms with van der Waals surface area (Å²) in [6.45, 7) is 4.10. The first-order valence-corrected chi connectivity index (χ1v) is 5.37. The van der Waals surface area contributed by atoms with Gasteiger partial charge < -0.3 is 5.11 Å². The van der Waals surface area contributed by atoms with E-state index in [0.717, 1.165) is 5.56 Å². The molecule has 0 radical (unpaired) electrons. The maximum Gasteiger partial charge on any atom is 0.321 e. The standard InChI is InChI=1S/C13H19NO2/c1-9-5-6-11(7-10(9)2)8-12(13(15)16)14(3)4/h5-7,12H,8H2,1-4H3,(H,15,16)/t12-/m1/s1. The van der Waals surface area contributed by atoms with Gasteiger partial charge in [0.05, 0.1) is 0 Å². The smallest absolute Gasteiger partial charge is 0.321 e. The fraction of sp³-hybridized carbons (Fsp3) is 0.462. The van der Waals surface area contributed by atoms with Crippen LogP contribution in [0.4, 0.5) is 0 Å². The van der Waals surface area contributed by atoms with Gasteiger partial charge in [-0.2, -0.15) is 0 Å². The van der Waals surface area contributed by atoms with Gasteiger partial charge >= 0.3 is 5.97 Å². The Balaban J connectivity index is 2.86. The highest BCUT2D eigenvalue weighted by atomic mass is 16.4. The van der Waals surface area contributed by atoms with Crippen LogP contribution in [0, 0.1) is 13.8 Å². The van der Waals surface area contributed by atoms with Gasteiger partial charge in [0.25, 0.3) is 0 Å². The van der Waals surface area contributed by atoms with Gasteiger partial charge in [-0.25, -0.2) is 0 Å². The van der Waals surface area contributed by atoms with Crippen molar-refractivity contribution in [3.63, 3.8) is 0 Å². The highest BCUT2D eigenvalue weighted by Crippen LogP contribution is 2.13. The summed E-state index contributed by atoms with van der Waals surface area (Å²) in [6, 6.07) is 5.65. The van der Waals surface area contributed by atoms with Crippen molar-refractivity contribution >= 4 is 5.97 Å². The Morgan fingerprint density at radius 2 is 1.94 bits per heavy atom. The molecule has 0 saturated carbocycles. The lowest BCUT2D eigenvalue weighted by molar-refractivity contribution is -0.142. The molecule has 0 bridgehead atoms. The number of rotatable bonds is 4. The van der Waals surface area contributed by atoms with Crippen LogP contribution < -0.4 is 0 Å². The van der Waals surface area contributed by atoms with Gasteiger partial charge in [0.2, 0.25) is 0 Å².